The molecule has 1 aromatic rings. The highest BCUT2D eigenvalue weighted by Gasteiger charge is 2.03. The topological polar surface area (TPSA) is 0 Å². The lowest BCUT2D eigenvalue weighted by Gasteiger charge is -2.10. The first-order valence-corrected chi connectivity index (χ1v) is 7.49. The zero-order valence-corrected chi connectivity index (χ0v) is 12.3. The van der Waals surface area contributed by atoms with Crippen molar-refractivity contribution in [2.24, 2.45) is 5.92 Å². The number of benzene rings is 1. The van der Waals surface area contributed by atoms with Gasteiger partial charge in [0.1, 0.15) is 0 Å². The Balaban J connectivity index is 2.07. The van der Waals surface area contributed by atoms with Crippen molar-refractivity contribution >= 4 is 0 Å². The predicted octanol–water partition coefficient (Wildman–Crippen LogP) is 5.59. The minimum Gasteiger partial charge on any atom is -0.0839 e. The van der Waals surface area contributed by atoms with Gasteiger partial charge in [0.15, 0.2) is 0 Å². The minimum atomic E-state index is 0.532. The molecule has 0 fully saturated rings. The first-order chi connectivity index (χ1) is 10.4. The Morgan fingerprint density at radius 2 is 1.24 bits per heavy atom. The Bertz CT molecular complexity index is 565. The smallest absolute Gasteiger partial charge is 0.0155 e. The van der Waals surface area contributed by atoms with Gasteiger partial charge in [0.05, 0.1) is 0 Å². The number of hydrogen-bond donors (Lipinski definition) is 0. The summed E-state index contributed by atoms with van der Waals surface area (Å²) in [4.78, 5) is 0. The van der Waals surface area contributed by atoms with Gasteiger partial charge >= 0.3 is 0 Å². The van der Waals surface area contributed by atoms with E-state index in [2.05, 4.69) is 78.9 Å². The monoisotopic (exact) mass is 274 g/mol. The van der Waals surface area contributed by atoms with Gasteiger partial charge in [-0.1, -0.05) is 103 Å². The molecule has 0 aromatic heterocycles. The average Bonchev–Trinajstić information content (AvgIpc) is 2.52. The molecule has 1 unspecified atom stereocenters. The van der Waals surface area contributed by atoms with Crippen LogP contribution in [0.2, 0.25) is 0 Å². The third-order valence-corrected chi connectivity index (χ3v) is 3.30. The second-order valence-electron chi connectivity index (χ2n) is 5.04. The van der Waals surface area contributed by atoms with Crippen LogP contribution >= 0.6 is 0 Å². The molecule has 0 nitrogen and oxygen atoms in total. The van der Waals surface area contributed by atoms with Crippen LogP contribution in [-0.4, -0.2) is 0 Å². The van der Waals surface area contributed by atoms with E-state index in [1.54, 1.807) is 0 Å². The Morgan fingerprint density at radius 3 is 1.90 bits per heavy atom. The lowest BCUT2D eigenvalue weighted by molar-refractivity contribution is 0.659. The SMILES string of the molecule is C1=CC=CC=CCC(Cc2ccccc2)C=CC=CC=C1. The molecule has 1 aliphatic rings. The highest BCUT2D eigenvalue weighted by atomic mass is 14.1. The Kier molecular flexibility index (Phi) is 6.84. The van der Waals surface area contributed by atoms with E-state index in [9.17, 15) is 0 Å². The van der Waals surface area contributed by atoms with Crippen molar-refractivity contribution in [1.82, 2.24) is 0 Å². The fraction of sp³-hybridized carbons (Fsp3) is 0.143. The molecule has 0 aliphatic heterocycles. The maximum atomic E-state index is 2.30. The van der Waals surface area contributed by atoms with Gasteiger partial charge in [-0.15, -0.1) is 0 Å². The van der Waals surface area contributed by atoms with Gasteiger partial charge in [-0.25, -0.2) is 0 Å². The molecule has 0 radical (unpaired) electrons. The Hall–Kier alpha value is -2.34. The van der Waals surface area contributed by atoms with Crippen molar-refractivity contribution in [1.29, 1.82) is 0 Å². The van der Waals surface area contributed by atoms with E-state index < -0.39 is 0 Å². The maximum absolute atomic E-state index is 2.30. The molecule has 0 saturated heterocycles. The maximum Gasteiger partial charge on any atom is -0.0155 e. The molecule has 0 heterocycles. The Morgan fingerprint density at radius 1 is 0.667 bits per heavy atom. The molecular weight excluding hydrogens is 252 g/mol. The summed E-state index contributed by atoms with van der Waals surface area (Å²) < 4.78 is 0. The zero-order chi connectivity index (χ0) is 14.6. The van der Waals surface area contributed by atoms with Crippen molar-refractivity contribution in [3.8, 4) is 0 Å². The molecule has 106 valence electrons. The molecule has 1 atom stereocenters. The first kappa shape index (κ1) is 15.1. The normalized spacial score (nSPS) is 18.8. The molecule has 21 heavy (non-hydrogen) atoms. The van der Waals surface area contributed by atoms with Gasteiger partial charge < -0.3 is 0 Å². The first-order valence-electron chi connectivity index (χ1n) is 7.49. The number of allylic oxidation sites excluding steroid dienone is 12. The van der Waals surface area contributed by atoms with Crippen molar-refractivity contribution in [3.63, 3.8) is 0 Å². The van der Waals surface area contributed by atoms with E-state index in [0.29, 0.717) is 5.92 Å². The van der Waals surface area contributed by atoms with Crippen LogP contribution in [0.5, 0.6) is 0 Å². The lowest BCUT2D eigenvalue weighted by Crippen LogP contribution is -2.00. The van der Waals surface area contributed by atoms with Crippen LogP contribution in [-0.2, 0) is 6.42 Å². The Labute approximate surface area is 128 Å². The van der Waals surface area contributed by atoms with Crippen LogP contribution in [0, 0.1) is 5.92 Å². The molecule has 0 saturated carbocycles. The highest BCUT2D eigenvalue weighted by Crippen LogP contribution is 2.15. The second kappa shape index (κ2) is 9.55. The summed E-state index contributed by atoms with van der Waals surface area (Å²) in [5, 5.41) is 0. The quantitative estimate of drug-likeness (QED) is 0.660. The predicted molar refractivity (Wildman–Crippen MR) is 93.1 cm³/mol. The molecule has 2 rings (SSSR count). The second-order valence-corrected chi connectivity index (χ2v) is 5.04. The van der Waals surface area contributed by atoms with E-state index in [0.717, 1.165) is 12.8 Å². The van der Waals surface area contributed by atoms with Gasteiger partial charge in [0.2, 0.25) is 0 Å². The summed E-state index contributed by atoms with van der Waals surface area (Å²) in [6.45, 7) is 0. The molecule has 1 aliphatic carbocycles. The van der Waals surface area contributed by atoms with Gasteiger partial charge in [-0.05, 0) is 24.3 Å². The zero-order valence-electron chi connectivity index (χ0n) is 12.3. The van der Waals surface area contributed by atoms with Crippen LogP contribution < -0.4 is 0 Å². The van der Waals surface area contributed by atoms with E-state index in [4.69, 9.17) is 0 Å². The molecule has 0 spiro atoms. The highest BCUT2D eigenvalue weighted by molar-refractivity contribution is 5.22. The largest absolute Gasteiger partial charge is 0.0839 e. The summed E-state index contributed by atoms with van der Waals surface area (Å²) in [5.74, 6) is 0.532. The summed E-state index contributed by atoms with van der Waals surface area (Å²) in [7, 11) is 0. The van der Waals surface area contributed by atoms with Gasteiger partial charge in [-0.2, -0.15) is 0 Å². The van der Waals surface area contributed by atoms with Crippen LogP contribution in [0.3, 0.4) is 0 Å². The fourth-order valence-corrected chi connectivity index (χ4v) is 2.21. The summed E-state index contributed by atoms with van der Waals surface area (Å²) in [5.41, 5.74) is 1.39. The molecular formula is C21H22. The number of hydrogen-bond acceptors (Lipinski definition) is 0. The lowest BCUT2D eigenvalue weighted by atomic mass is 9.95. The molecule has 0 N–H and O–H groups in total. The summed E-state index contributed by atoms with van der Waals surface area (Å²) >= 11 is 0. The average molecular weight is 274 g/mol. The van der Waals surface area contributed by atoms with Crippen LogP contribution in [0.15, 0.2) is 103 Å². The van der Waals surface area contributed by atoms with Gasteiger partial charge in [0, 0.05) is 0 Å². The standard InChI is InChI=1S/C21H22/c1-2-4-6-8-11-15-20(16-12-9-7-5-3-1)19-21-17-13-10-14-18-21/h1-15,17-18,20H,16,19H2. The molecule has 0 amide bonds. The van der Waals surface area contributed by atoms with E-state index in [-0.39, 0.29) is 0 Å². The molecule has 1 aromatic carbocycles. The van der Waals surface area contributed by atoms with E-state index >= 15 is 0 Å². The molecule has 0 bridgehead atoms. The van der Waals surface area contributed by atoms with Crippen LogP contribution in [0.25, 0.3) is 0 Å². The van der Waals surface area contributed by atoms with Gasteiger partial charge in [-0.3, -0.25) is 0 Å². The number of rotatable bonds is 2. The van der Waals surface area contributed by atoms with Crippen LogP contribution in [0.1, 0.15) is 12.0 Å². The summed E-state index contributed by atoms with van der Waals surface area (Å²) in [6.07, 6.45) is 27.4. The summed E-state index contributed by atoms with van der Waals surface area (Å²) in [6, 6.07) is 10.7. The van der Waals surface area contributed by atoms with Crippen molar-refractivity contribution in [3.05, 3.63) is 109 Å². The molecule has 0 heteroatoms. The fourth-order valence-electron chi connectivity index (χ4n) is 2.21. The van der Waals surface area contributed by atoms with Crippen LogP contribution in [0.4, 0.5) is 0 Å². The van der Waals surface area contributed by atoms with Crippen molar-refractivity contribution < 1.29 is 0 Å². The van der Waals surface area contributed by atoms with E-state index in [1.807, 2.05) is 24.3 Å². The third-order valence-electron chi connectivity index (χ3n) is 3.30. The third kappa shape index (κ3) is 6.58. The van der Waals surface area contributed by atoms with Crippen molar-refractivity contribution in [2.75, 3.05) is 0 Å². The van der Waals surface area contributed by atoms with E-state index in [1.165, 1.54) is 5.56 Å². The minimum absolute atomic E-state index is 0.532. The van der Waals surface area contributed by atoms with Gasteiger partial charge in [0.25, 0.3) is 0 Å². The van der Waals surface area contributed by atoms with Crippen molar-refractivity contribution in [2.45, 2.75) is 12.8 Å².